The Morgan fingerprint density at radius 3 is 3.12 bits per heavy atom. The van der Waals surface area contributed by atoms with E-state index in [4.69, 9.17) is 5.73 Å². The minimum Gasteiger partial charge on any atom is -0.322 e. The fraction of sp³-hybridized carbons (Fsp3) is 0.727. The lowest BCUT2D eigenvalue weighted by Gasteiger charge is -2.27. The lowest BCUT2D eigenvalue weighted by atomic mass is 10.1. The zero-order valence-electron chi connectivity index (χ0n) is 9.53. The topological polar surface area (TPSA) is 43.8 Å². The quantitative estimate of drug-likeness (QED) is 0.933. The molecule has 5 heteroatoms. The molecule has 0 aromatic carbocycles. The molecule has 0 saturated carbocycles. The van der Waals surface area contributed by atoms with E-state index in [1.165, 1.54) is 25.0 Å². The van der Waals surface area contributed by atoms with E-state index in [1.807, 2.05) is 22.6 Å². The van der Waals surface area contributed by atoms with Gasteiger partial charge in [0.25, 0.3) is 0 Å². The molecule has 2 heterocycles. The van der Waals surface area contributed by atoms with Gasteiger partial charge in [-0.1, -0.05) is 6.42 Å². The molecule has 1 aliphatic heterocycles. The number of thioether (sulfide) groups is 1. The summed E-state index contributed by atoms with van der Waals surface area (Å²) in [5.41, 5.74) is 7.53. The summed E-state index contributed by atoms with van der Waals surface area (Å²) < 4.78 is 3.05. The van der Waals surface area contributed by atoms with Crippen molar-refractivity contribution in [2.45, 2.75) is 44.0 Å². The number of halogens is 1. The highest BCUT2D eigenvalue weighted by atomic mass is 79.9. The maximum Gasteiger partial charge on any atom is 0.0704 e. The minimum atomic E-state index is 0.0992. The van der Waals surface area contributed by atoms with Crippen molar-refractivity contribution < 1.29 is 0 Å². The Kier molecular flexibility index (Phi) is 4.33. The van der Waals surface area contributed by atoms with E-state index in [0.717, 1.165) is 16.7 Å². The van der Waals surface area contributed by atoms with Gasteiger partial charge in [0.1, 0.15) is 0 Å². The summed E-state index contributed by atoms with van der Waals surface area (Å²) >= 11 is 5.56. The van der Waals surface area contributed by atoms with Gasteiger partial charge in [-0.3, -0.25) is 4.68 Å². The first kappa shape index (κ1) is 12.5. The number of rotatable bonds is 3. The molecule has 0 amide bonds. The van der Waals surface area contributed by atoms with Crippen molar-refractivity contribution in [3.05, 3.63) is 16.4 Å². The monoisotopic (exact) mass is 303 g/mol. The average Bonchev–Trinajstić information content (AvgIpc) is 2.70. The molecule has 2 rings (SSSR count). The van der Waals surface area contributed by atoms with Crippen molar-refractivity contribution in [2.24, 2.45) is 5.73 Å². The Bertz CT molecular complexity index is 347. The molecule has 2 unspecified atom stereocenters. The zero-order valence-corrected chi connectivity index (χ0v) is 11.9. The van der Waals surface area contributed by atoms with E-state index < -0.39 is 0 Å². The first-order chi connectivity index (χ1) is 7.74. The molecule has 0 radical (unpaired) electrons. The molecular weight excluding hydrogens is 286 g/mol. The minimum absolute atomic E-state index is 0.0992. The van der Waals surface area contributed by atoms with Gasteiger partial charge in [-0.15, -0.1) is 0 Å². The summed E-state index contributed by atoms with van der Waals surface area (Å²) in [6, 6.07) is 0.0992. The van der Waals surface area contributed by atoms with Crippen LogP contribution in [0.25, 0.3) is 0 Å². The van der Waals surface area contributed by atoms with Gasteiger partial charge in [0.05, 0.1) is 22.4 Å². The molecule has 3 nitrogen and oxygen atoms in total. The highest BCUT2D eigenvalue weighted by molar-refractivity contribution is 9.10. The number of aromatic nitrogens is 2. The van der Waals surface area contributed by atoms with Gasteiger partial charge in [-0.25, -0.2) is 0 Å². The molecule has 1 aromatic heterocycles. The van der Waals surface area contributed by atoms with Gasteiger partial charge in [0.15, 0.2) is 0 Å². The molecule has 0 spiro atoms. The van der Waals surface area contributed by atoms with Gasteiger partial charge in [-0.05, 0) is 41.4 Å². The van der Waals surface area contributed by atoms with Crippen LogP contribution >= 0.6 is 27.7 Å². The average molecular weight is 304 g/mol. The molecule has 0 aliphatic carbocycles. The van der Waals surface area contributed by atoms with Crippen LogP contribution in [-0.4, -0.2) is 20.8 Å². The zero-order chi connectivity index (χ0) is 11.5. The van der Waals surface area contributed by atoms with Gasteiger partial charge in [0.2, 0.25) is 0 Å². The summed E-state index contributed by atoms with van der Waals surface area (Å²) in [5.74, 6) is 1.25. The van der Waals surface area contributed by atoms with Crippen molar-refractivity contribution in [3.8, 4) is 0 Å². The number of nitrogens with zero attached hydrogens (tertiary/aromatic N) is 2. The van der Waals surface area contributed by atoms with Crippen LogP contribution in [0.5, 0.6) is 0 Å². The van der Waals surface area contributed by atoms with E-state index >= 15 is 0 Å². The molecule has 2 atom stereocenters. The van der Waals surface area contributed by atoms with Crippen LogP contribution in [0, 0.1) is 0 Å². The van der Waals surface area contributed by atoms with Gasteiger partial charge >= 0.3 is 0 Å². The van der Waals surface area contributed by atoms with Crippen molar-refractivity contribution in [3.63, 3.8) is 0 Å². The maximum absolute atomic E-state index is 6.38. The standard InChI is InChI=1S/C11H18BrN3S/c1-2-15-11(8(12)7-14-15)10(13)9-5-3-4-6-16-9/h7,9-10H,2-6,13H2,1H3. The Balaban J connectivity index is 2.18. The smallest absolute Gasteiger partial charge is 0.0704 e. The SMILES string of the molecule is CCn1ncc(Br)c1C(N)C1CCCCS1. The first-order valence-electron chi connectivity index (χ1n) is 5.82. The fourth-order valence-electron chi connectivity index (χ4n) is 2.18. The summed E-state index contributed by atoms with van der Waals surface area (Å²) in [4.78, 5) is 0. The lowest BCUT2D eigenvalue weighted by Crippen LogP contribution is -2.28. The van der Waals surface area contributed by atoms with Crippen LogP contribution in [0.4, 0.5) is 0 Å². The third-order valence-electron chi connectivity index (χ3n) is 3.06. The first-order valence-corrected chi connectivity index (χ1v) is 7.66. The van der Waals surface area contributed by atoms with E-state index in [-0.39, 0.29) is 6.04 Å². The van der Waals surface area contributed by atoms with Gasteiger partial charge in [-0.2, -0.15) is 16.9 Å². The predicted octanol–water partition coefficient (Wildman–Crippen LogP) is 2.95. The fourth-order valence-corrected chi connectivity index (χ4v) is 4.08. The molecule has 1 aromatic rings. The van der Waals surface area contributed by atoms with Crippen molar-refractivity contribution >= 4 is 27.7 Å². The number of aryl methyl sites for hydroxylation is 1. The van der Waals surface area contributed by atoms with E-state index in [0.29, 0.717) is 5.25 Å². The second-order valence-electron chi connectivity index (χ2n) is 4.12. The summed E-state index contributed by atoms with van der Waals surface area (Å²) in [7, 11) is 0. The van der Waals surface area contributed by atoms with Crippen LogP contribution in [-0.2, 0) is 6.54 Å². The largest absolute Gasteiger partial charge is 0.322 e. The third-order valence-corrected chi connectivity index (χ3v) is 5.16. The second-order valence-corrected chi connectivity index (χ2v) is 6.33. The third kappa shape index (κ3) is 2.46. The van der Waals surface area contributed by atoms with Crippen LogP contribution < -0.4 is 5.73 Å². The normalized spacial score (nSPS) is 23.3. The molecule has 0 bridgehead atoms. The van der Waals surface area contributed by atoms with Crippen molar-refractivity contribution in [1.29, 1.82) is 0 Å². The van der Waals surface area contributed by atoms with E-state index in [9.17, 15) is 0 Å². The summed E-state index contributed by atoms with van der Waals surface area (Å²) in [5, 5.41) is 4.88. The molecule has 1 fully saturated rings. The summed E-state index contributed by atoms with van der Waals surface area (Å²) in [6.07, 6.45) is 5.73. The Morgan fingerprint density at radius 1 is 1.69 bits per heavy atom. The lowest BCUT2D eigenvalue weighted by molar-refractivity contribution is 0.523. The Hall–Kier alpha value is -0.0000000000000000555. The maximum atomic E-state index is 6.38. The molecular formula is C11H18BrN3S. The number of nitrogens with two attached hydrogens (primary N) is 1. The highest BCUT2D eigenvalue weighted by Gasteiger charge is 2.26. The Morgan fingerprint density at radius 2 is 2.50 bits per heavy atom. The highest BCUT2D eigenvalue weighted by Crippen LogP contribution is 2.35. The van der Waals surface area contributed by atoms with Crippen LogP contribution in [0.1, 0.15) is 37.9 Å². The number of hydrogen-bond donors (Lipinski definition) is 1. The summed E-state index contributed by atoms with van der Waals surface area (Å²) in [6.45, 7) is 2.98. The van der Waals surface area contributed by atoms with Crippen LogP contribution in [0.2, 0.25) is 0 Å². The van der Waals surface area contributed by atoms with E-state index in [1.54, 1.807) is 0 Å². The number of hydrogen-bond acceptors (Lipinski definition) is 3. The second kappa shape index (κ2) is 5.56. The van der Waals surface area contributed by atoms with Crippen LogP contribution in [0.15, 0.2) is 10.7 Å². The molecule has 2 N–H and O–H groups in total. The molecule has 1 saturated heterocycles. The van der Waals surface area contributed by atoms with E-state index in [2.05, 4.69) is 28.0 Å². The molecule has 90 valence electrons. The van der Waals surface area contributed by atoms with Crippen molar-refractivity contribution in [1.82, 2.24) is 9.78 Å². The van der Waals surface area contributed by atoms with Crippen LogP contribution in [0.3, 0.4) is 0 Å². The van der Waals surface area contributed by atoms with Gasteiger partial charge < -0.3 is 5.73 Å². The van der Waals surface area contributed by atoms with Gasteiger partial charge in [0, 0.05) is 11.8 Å². The van der Waals surface area contributed by atoms with Crippen molar-refractivity contribution in [2.75, 3.05) is 5.75 Å². The predicted molar refractivity (Wildman–Crippen MR) is 72.6 cm³/mol. The molecule has 1 aliphatic rings. The Labute approximate surface area is 109 Å². The molecule has 16 heavy (non-hydrogen) atoms.